The van der Waals surface area contributed by atoms with Gasteiger partial charge in [0.05, 0.1) is 5.69 Å². The van der Waals surface area contributed by atoms with Crippen molar-refractivity contribution in [3.05, 3.63) is 18.0 Å². The van der Waals surface area contributed by atoms with Crippen molar-refractivity contribution in [2.45, 2.75) is 45.1 Å². The van der Waals surface area contributed by atoms with Crippen LogP contribution >= 0.6 is 0 Å². The molecule has 0 amide bonds. The zero-order valence-electron chi connectivity index (χ0n) is 10.6. The smallest absolute Gasteiger partial charge is 0.0642 e. The molecule has 0 bridgehead atoms. The molecule has 0 aromatic carbocycles. The molecule has 1 saturated carbocycles. The highest BCUT2D eigenvalue weighted by Gasteiger charge is 2.37. The first-order valence-corrected chi connectivity index (χ1v) is 6.27. The molecule has 3 unspecified atom stereocenters. The van der Waals surface area contributed by atoms with Gasteiger partial charge >= 0.3 is 0 Å². The maximum absolute atomic E-state index is 6.56. The van der Waals surface area contributed by atoms with Gasteiger partial charge in [-0.25, -0.2) is 0 Å². The lowest BCUT2D eigenvalue weighted by molar-refractivity contribution is 0.162. The van der Waals surface area contributed by atoms with E-state index in [4.69, 9.17) is 5.73 Å². The van der Waals surface area contributed by atoms with Gasteiger partial charge in [0, 0.05) is 25.2 Å². The Morgan fingerprint density at radius 1 is 1.56 bits per heavy atom. The average Bonchev–Trinajstić information content (AvgIpc) is 2.59. The molecule has 1 aromatic heterocycles. The Balaban J connectivity index is 2.07. The topological polar surface area (TPSA) is 43.8 Å². The van der Waals surface area contributed by atoms with E-state index in [1.807, 2.05) is 17.9 Å². The largest absolute Gasteiger partial charge is 0.325 e. The molecular weight excluding hydrogens is 198 g/mol. The standard InChI is InChI=1S/C13H23N3/c1-10-4-6-13(14,11(2)8-10)9-12-5-7-16(3)15-12/h5,7,10-11H,4,6,8-9,14H2,1-3H3. The van der Waals surface area contributed by atoms with Crippen LogP contribution < -0.4 is 5.73 Å². The third-order valence-electron chi connectivity index (χ3n) is 4.12. The summed E-state index contributed by atoms with van der Waals surface area (Å²) in [7, 11) is 1.96. The molecule has 2 rings (SSSR count). The van der Waals surface area contributed by atoms with E-state index in [1.54, 1.807) is 0 Å². The summed E-state index contributed by atoms with van der Waals surface area (Å²) < 4.78 is 1.86. The first-order valence-electron chi connectivity index (χ1n) is 6.27. The summed E-state index contributed by atoms with van der Waals surface area (Å²) >= 11 is 0. The van der Waals surface area contributed by atoms with Crippen molar-refractivity contribution < 1.29 is 0 Å². The Hall–Kier alpha value is -0.830. The number of rotatable bonds is 2. The average molecular weight is 221 g/mol. The molecule has 0 radical (unpaired) electrons. The van der Waals surface area contributed by atoms with E-state index in [0.29, 0.717) is 5.92 Å². The summed E-state index contributed by atoms with van der Waals surface area (Å²) in [6.45, 7) is 4.62. The van der Waals surface area contributed by atoms with Crippen molar-refractivity contribution in [3.8, 4) is 0 Å². The zero-order valence-corrected chi connectivity index (χ0v) is 10.6. The molecular formula is C13H23N3. The Morgan fingerprint density at radius 3 is 2.88 bits per heavy atom. The van der Waals surface area contributed by atoms with Crippen LogP contribution in [-0.2, 0) is 13.5 Å². The van der Waals surface area contributed by atoms with Gasteiger partial charge in [0.2, 0.25) is 0 Å². The first kappa shape index (κ1) is 11.6. The van der Waals surface area contributed by atoms with Crippen molar-refractivity contribution >= 4 is 0 Å². The minimum absolute atomic E-state index is 0.0408. The highest BCUT2D eigenvalue weighted by molar-refractivity contribution is 5.08. The number of hydrogen-bond acceptors (Lipinski definition) is 2. The summed E-state index contributed by atoms with van der Waals surface area (Å²) in [5.74, 6) is 1.42. The fourth-order valence-corrected chi connectivity index (χ4v) is 2.87. The molecule has 1 aromatic rings. The second-order valence-corrected chi connectivity index (χ2v) is 5.67. The Morgan fingerprint density at radius 2 is 2.31 bits per heavy atom. The van der Waals surface area contributed by atoms with E-state index in [-0.39, 0.29) is 5.54 Å². The van der Waals surface area contributed by atoms with Gasteiger partial charge in [-0.1, -0.05) is 13.8 Å². The molecule has 3 atom stereocenters. The molecule has 0 spiro atoms. The Labute approximate surface area is 98.0 Å². The quantitative estimate of drug-likeness (QED) is 0.831. The Bertz CT molecular complexity index is 358. The number of nitrogens with zero attached hydrogens (tertiary/aromatic N) is 2. The maximum atomic E-state index is 6.56. The van der Waals surface area contributed by atoms with Crippen molar-refractivity contribution in [2.24, 2.45) is 24.6 Å². The van der Waals surface area contributed by atoms with Gasteiger partial charge in [0.15, 0.2) is 0 Å². The van der Waals surface area contributed by atoms with Crippen LogP contribution in [0.15, 0.2) is 12.3 Å². The van der Waals surface area contributed by atoms with Crippen LogP contribution in [0.3, 0.4) is 0 Å². The summed E-state index contributed by atoms with van der Waals surface area (Å²) in [5, 5.41) is 4.44. The monoisotopic (exact) mass is 221 g/mol. The van der Waals surface area contributed by atoms with Crippen LogP contribution in [0.5, 0.6) is 0 Å². The molecule has 16 heavy (non-hydrogen) atoms. The number of hydrogen-bond donors (Lipinski definition) is 1. The van der Waals surface area contributed by atoms with Crippen molar-refractivity contribution in [1.82, 2.24) is 9.78 Å². The predicted octanol–water partition coefficient (Wildman–Crippen LogP) is 2.12. The van der Waals surface area contributed by atoms with Crippen LogP contribution in [-0.4, -0.2) is 15.3 Å². The fraction of sp³-hybridized carbons (Fsp3) is 0.769. The number of nitrogens with two attached hydrogens (primary N) is 1. The second kappa shape index (κ2) is 4.21. The van der Waals surface area contributed by atoms with E-state index in [0.717, 1.165) is 24.5 Å². The number of aromatic nitrogens is 2. The number of aryl methyl sites for hydroxylation is 1. The molecule has 3 nitrogen and oxygen atoms in total. The normalized spacial score (nSPS) is 35.2. The fourth-order valence-electron chi connectivity index (χ4n) is 2.87. The Kier molecular flexibility index (Phi) is 3.06. The molecule has 1 fully saturated rings. The molecule has 0 saturated heterocycles. The van der Waals surface area contributed by atoms with Gasteiger partial charge in [-0.05, 0) is 37.2 Å². The van der Waals surface area contributed by atoms with Gasteiger partial charge in [0.25, 0.3) is 0 Å². The predicted molar refractivity (Wildman–Crippen MR) is 66.0 cm³/mol. The van der Waals surface area contributed by atoms with Crippen LogP contribution in [0.2, 0.25) is 0 Å². The minimum atomic E-state index is -0.0408. The molecule has 1 aliphatic rings. The summed E-state index contributed by atoms with van der Waals surface area (Å²) in [5.41, 5.74) is 7.65. The van der Waals surface area contributed by atoms with E-state index in [2.05, 4.69) is 25.0 Å². The molecule has 3 heteroatoms. The van der Waals surface area contributed by atoms with Crippen LogP contribution in [0, 0.1) is 11.8 Å². The van der Waals surface area contributed by atoms with E-state index < -0.39 is 0 Å². The molecule has 90 valence electrons. The summed E-state index contributed by atoms with van der Waals surface area (Å²) in [6, 6.07) is 2.08. The van der Waals surface area contributed by atoms with Crippen molar-refractivity contribution in [3.63, 3.8) is 0 Å². The summed E-state index contributed by atoms with van der Waals surface area (Å²) in [4.78, 5) is 0. The van der Waals surface area contributed by atoms with E-state index in [9.17, 15) is 0 Å². The summed E-state index contributed by atoms with van der Waals surface area (Å²) in [6.07, 6.45) is 6.56. The van der Waals surface area contributed by atoms with Gasteiger partial charge in [-0.2, -0.15) is 5.10 Å². The zero-order chi connectivity index (χ0) is 11.8. The highest BCUT2D eigenvalue weighted by Crippen LogP contribution is 2.36. The molecule has 1 aliphatic carbocycles. The molecule has 1 heterocycles. The van der Waals surface area contributed by atoms with Crippen LogP contribution in [0.4, 0.5) is 0 Å². The van der Waals surface area contributed by atoms with Crippen molar-refractivity contribution in [1.29, 1.82) is 0 Å². The maximum Gasteiger partial charge on any atom is 0.0642 e. The highest BCUT2D eigenvalue weighted by atomic mass is 15.2. The minimum Gasteiger partial charge on any atom is -0.325 e. The lowest BCUT2D eigenvalue weighted by Crippen LogP contribution is -2.51. The second-order valence-electron chi connectivity index (χ2n) is 5.67. The third-order valence-corrected chi connectivity index (χ3v) is 4.12. The van der Waals surface area contributed by atoms with Gasteiger partial charge < -0.3 is 5.73 Å². The molecule has 0 aliphatic heterocycles. The van der Waals surface area contributed by atoms with Crippen LogP contribution in [0.25, 0.3) is 0 Å². The van der Waals surface area contributed by atoms with Gasteiger partial charge in [-0.3, -0.25) is 4.68 Å². The third kappa shape index (κ3) is 2.29. The van der Waals surface area contributed by atoms with Gasteiger partial charge in [0.1, 0.15) is 0 Å². The van der Waals surface area contributed by atoms with Gasteiger partial charge in [-0.15, -0.1) is 0 Å². The first-order chi connectivity index (χ1) is 7.49. The van der Waals surface area contributed by atoms with E-state index in [1.165, 1.54) is 12.8 Å². The van der Waals surface area contributed by atoms with Crippen molar-refractivity contribution in [2.75, 3.05) is 0 Å². The molecule has 2 N–H and O–H groups in total. The lowest BCUT2D eigenvalue weighted by Gasteiger charge is -2.41. The van der Waals surface area contributed by atoms with Crippen LogP contribution in [0.1, 0.15) is 38.8 Å². The van der Waals surface area contributed by atoms with E-state index >= 15 is 0 Å². The lowest BCUT2D eigenvalue weighted by atomic mass is 9.68. The SMILES string of the molecule is CC1CCC(N)(Cc2ccn(C)n2)C(C)C1.